The molecule has 0 radical (unpaired) electrons. The summed E-state index contributed by atoms with van der Waals surface area (Å²) in [6.45, 7) is 9.29. The summed E-state index contributed by atoms with van der Waals surface area (Å²) in [5.41, 5.74) is 4.29. The number of ether oxygens (including phenoxy) is 2. The number of alkyl halides is 2. The van der Waals surface area contributed by atoms with Crippen LogP contribution in [0.1, 0.15) is 70.6 Å². The van der Waals surface area contributed by atoms with E-state index in [2.05, 4.69) is 16.4 Å². The number of aliphatic hydroxyl groups excluding tert-OH is 1. The molecule has 3 aliphatic heterocycles. The number of halogens is 2. The number of nitrogens with zero attached hydrogens (tertiary/aromatic N) is 6. The summed E-state index contributed by atoms with van der Waals surface area (Å²) in [7, 11) is 2.95. The number of carbonyl (C=O) groups is 2. The van der Waals surface area contributed by atoms with Crippen molar-refractivity contribution in [1.82, 2.24) is 29.3 Å². The van der Waals surface area contributed by atoms with Crippen LogP contribution >= 0.6 is 0 Å². The number of piperidine rings is 2. The van der Waals surface area contributed by atoms with Crippen molar-refractivity contribution in [1.29, 1.82) is 0 Å². The van der Waals surface area contributed by atoms with Crippen molar-refractivity contribution in [3.05, 3.63) is 60.2 Å². The zero-order valence-electron chi connectivity index (χ0n) is 32.0. The van der Waals surface area contributed by atoms with Gasteiger partial charge in [-0.05, 0) is 82.8 Å². The van der Waals surface area contributed by atoms with Crippen LogP contribution in [-0.2, 0) is 27.9 Å². The topological polar surface area (TPSA) is 135 Å². The number of amides is 2. The predicted molar refractivity (Wildman–Crippen MR) is 202 cm³/mol. The van der Waals surface area contributed by atoms with E-state index in [1.54, 1.807) is 38.1 Å². The quantitative estimate of drug-likeness (QED) is 0.223. The van der Waals surface area contributed by atoms with Crippen molar-refractivity contribution in [3.8, 4) is 22.5 Å². The van der Waals surface area contributed by atoms with Crippen molar-refractivity contribution in [3.63, 3.8) is 0 Å². The van der Waals surface area contributed by atoms with Crippen LogP contribution in [0.15, 0.2) is 48.9 Å². The number of anilines is 1. The first kappa shape index (κ1) is 39.2. The molecule has 3 aliphatic rings. The SMILES string of the molecule is CC(=O)Nc1cc2c(-c3cc(-c4ccc(CN5CCC6(CCN(C(=O)OC(C)(C)C)CC6)C(F)(F)C5)cn4)cc(C4CCOC4)n3)cn(C)c2cn1.CO. The second kappa shape index (κ2) is 15.7. The molecule has 7 rings (SSSR count). The molecule has 0 aromatic carbocycles. The Labute approximate surface area is 314 Å². The fourth-order valence-electron chi connectivity index (χ4n) is 7.77. The third kappa shape index (κ3) is 8.40. The van der Waals surface area contributed by atoms with Crippen molar-refractivity contribution >= 4 is 28.7 Å². The van der Waals surface area contributed by atoms with Gasteiger partial charge in [0.2, 0.25) is 5.91 Å². The number of aromatic nitrogens is 4. The van der Waals surface area contributed by atoms with Crippen molar-refractivity contribution in [2.24, 2.45) is 12.5 Å². The number of fused-ring (bicyclic) bond motifs is 1. The van der Waals surface area contributed by atoms with Crippen LogP contribution in [0.2, 0.25) is 0 Å². The summed E-state index contributed by atoms with van der Waals surface area (Å²) in [5.74, 6) is -2.46. The smallest absolute Gasteiger partial charge is 0.410 e. The normalized spacial score (nSPS) is 19.7. The Bertz CT molecular complexity index is 1960. The maximum atomic E-state index is 15.9. The van der Waals surface area contributed by atoms with Gasteiger partial charge in [0.25, 0.3) is 5.92 Å². The van der Waals surface area contributed by atoms with Gasteiger partial charge in [-0.25, -0.2) is 18.6 Å². The van der Waals surface area contributed by atoms with Crippen LogP contribution in [0.4, 0.5) is 19.4 Å². The molecular weight excluding hydrogens is 696 g/mol. The van der Waals surface area contributed by atoms with Crippen LogP contribution in [0.3, 0.4) is 0 Å². The zero-order chi connectivity index (χ0) is 38.8. The molecule has 4 aromatic heterocycles. The molecule has 54 heavy (non-hydrogen) atoms. The predicted octanol–water partition coefficient (Wildman–Crippen LogP) is 6.63. The molecule has 1 spiro atoms. The molecule has 0 saturated carbocycles. The highest BCUT2D eigenvalue weighted by atomic mass is 19.3. The minimum Gasteiger partial charge on any atom is -0.444 e. The molecular formula is C40H51F2N7O5. The molecule has 3 saturated heterocycles. The Morgan fingerprint density at radius 1 is 1.04 bits per heavy atom. The number of nitrogens with one attached hydrogen (secondary N) is 1. The number of hydrogen-bond acceptors (Lipinski definition) is 9. The fraction of sp³-hybridized carbons (Fsp3) is 0.525. The molecule has 2 amide bonds. The van der Waals surface area contributed by atoms with E-state index in [1.165, 1.54) is 6.92 Å². The lowest BCUT2D eigenvalue weighted by molar-refractivity contribution is -0.187. The summed E-state index contributed by atoms with van der Waals surface area (Å²) in [4.78, 5) is 42.0. The monoisotopic (exact) mass is 747 g/mol. The average molecular weight is 748 g/mol. The van der Waals surface area contributed by atoms with E-state index in [-0.39, 0.29) is 44.3 Å². The maximum Gasteiger partial charge on any atom is 0.410 e. The molecule has 3 fully saturated rings. The molecule has 14 heteroatoms. The van der Waals surface area contributed by atoms with Gasteiger partial charge in [0.1, 0.15) is 11.4 Å². The molecule has 7 heterocycles. The standard InChI is InChI=1S/C39H47F2N7O4.CH4O/c1-25(49)44-35-18-29-30(22-46(5)34(29)20-43-35)33-17-28(16-32(45-33)27-8-15-51-23-27)31-7-6-26(19-42-31)21-47-12-9-38(39(40,41)24-47)10-13-48(14-11-38)36(50)52-37(2,3)4;1-2/h6-7,16-20,22,27H,8-15,21,23-24H2,1-5H3,(H,43,44,49);2H,1H3. The maximum absolute atomic E-state index is 15.9. The van der Waals surface area contributed by atoms with Crippen LogP contribution in [0, 0.1) is 5.41 Å². The molecule has 290 valence electrons. The Morgan fingerprint density at radius 3 is 2.41 bits per heavy atom. The number of carbonyl (C=O) groups excluding carboxylic acids is 2. The molecule has 1 unspecified atom stereocenters. The highest BCUT2D eigenvalue weighted by Crippen LogP contribution is 2.51. The van der Waals surface area contributed by atoms with Gasteiger partial charge >= 0.3 is 6.09 Å². The number of aryl methyl sites for hydroxylation is 1. The van der Waals surface area contributed by atoms with E-state index in [4.69, 9.17) is 24.5 Å². The van der Waals surface area contributed by atoms with E-state index in [9.17, 15) is 9.59 Å². The molecule has 1 atom stereocenters. The Morgan fingerprint density at radius 2 is 1.78 bits per heavy atom. The lowest BCUT2D eigenvalue weighted by atomic mass is 9.68. The van der Waals surface area contributed by atoms with Gasteiger partial charge in [-0.15, -0.1) is 0 Å². The second-order valence-corrected chi connectivity index (χ2v) is 15.6. The summed E-state index contributed by atoms with van der Waals surface area (Å²) in [6, 6.07) is 9.87. The number of hydrogen-bond donors (Lipinski definition) is 2. The fourth-order valence-corrected chi connectivity index (χ4v) is 7.77. The van der Waals surface area contributed by atoms with Gasteiger partial charge in [-0.1, -0.05) is 6.07 Å². The lowest BCUT2D eigenvalue weighted by Crippen LogP contribution is -2.59. The number of rotatable bonds is 6. The largest absolute Gasteiger partial charge is 0.444 e. The molecule has 12 nitrogen and oxygen atoms in total. The van der Waals surface area contributed by atoms with Crippen molar-refractivity contribution in [2.45, 2.75) is 77.4 Å². The molecule has 2 N–H and O–H groups in total. The van der Waals surface area contributed by atoms with Crippen LogP contribution in [0.5, 0.6) is 0 Å². The van der Waals surface area contributed by atoms with Gasteiger partial charge in [-0.3, -0.25) is 19.7 Å². The molecule has 0 bridgehead atoms. The third-order valence-corrected chi connectivity index (χ3v) is 10.7. The van der Waals surface area contributed by atoms with E-state index in [0.29, 0.717) is 38.5 Å². The van der Waals surface area contributed by atoms with Gasteiger partial charge in [0, 0.05) is 93.3 Å². The lowest BCUT2D eigenvalue weighted by Gasteiger charge is -2.51. The van der Waals surface area contributed by atoms with Gasteiger partial charge in [-0.2, -0.15) is 0 Å². The van der Waals surface area contributed by atoms with E-state index < -0.39 is 23.0 Å². The number of pyridine rings is 3. The summed E-state index contributed by atoms with van der Waals surface area (Å²) < 4.78 is 44.9. The van der Waals surface area contributed by atoms with E-state index >= 15 is 8.78 Å². The van der Waals surface area contributed by atoms with Gasteiger partial charge < -0.3 is 29.4 Å². The summed E-state index contributed by atoms with van der Waals surface area (Å²) in [6.07, 6.45) is 6.87. The average Bonchev–Trinajstić information content (AvgIpc) is 3.79. The molecule has 0 aliphatic carbocycles. The number of aliphatic hydroxyl groups is 1. The Hall–Kier alpha value is -4.53. The van der Waals surface area contributed by atoms with Gasteiger partial charge in [0.15, 0.2) is 0 Å². The Balaban J connectivity index is 0.00000245. The van der Waals surface area contributed by atoms with E-state index in [1.807, 2.05) is 47.0 Å². The first-order valence-corrected chi connectivity index (χ1v) is 18.5. The minimum atomic E-state index is -2.88. The van der Waals surface area contributed by atoms with Crippen LogP contribution in [0.25, 0.3) is 33.4 Å². The highest BCUT2D eigenvalue weighted by Gasteiger charge is 2.57. The molecule has 4 aromatic rings. The summed E-state index contributed by atoms with van der Waals surface area (Å²) >= 11 is 0. The van der Waals surface area contributed by atoms with Crippen molar-refractivity contribution < 1.29 is 33.0 Å². The zero-order valence-corrected chi connectivity index (χ0v) is 32.0. The van der Waals surface area contributed by atoms with E-state index in [0.717, 1.165) is 58.2 Å². The van der Waals surface area contributed by atoms with Crippen molar-refractivity contribution in [2.75, 3.05) is 51.8 Å². The van der Waals surface area contributed by atoms with Gasteiger partial charge in [0.05, 0.1) is 36.3 Å². The minimum absolute atomic E-state index is 0.151. The summed E-state index contributed by atoms with van der Waals surface area (Å²) in [5, 5.41) is 10.7. The number of likely N-dealkylation sites (tertiary alicyclic amines) is 2. The van der Waals surface area contributed by atoms with Crippen LogP contribution < -0.4 is 5.32 Å². The van der Waals surface area contributed by atoms with Crippen LogP contribution in [-0.4, -0.2) is 104 Å². The first-order valence-electron chi connectivity index (χ1n) is 18.5. The first-order chi connectivity index (χ1) is 25.7. The second-order valence-electron chi connectivity index (χ2n) is 15.6. The third-order valence-electron chi connectivity index (χ3n) is 10.7. The highest BCUT2D eigenvalue weighted by molar-refractivity contribution is 5.98. The Kier molecular flexibility index (Phi) is 11.4.